The summed E-state index contributed by atoms with van der Waals surface area (Å²) in [6.45, 7) is 13.1. The standard InChI is InChI=1S/C18H36O5Si/c1-13(12-19)15(23-24(7,8)18(2,3)4)9-14-10-16(20-5)22-17(11-14)21-6/h12-17H,9-11H2,1-8H3/t13-,14?,15-,16?,17?/m1/s1. The fraction of sp³-hybridized carbons (Fsp3) is 0.944. The van der Waals surface area contributed by atoms with Gasteiger partial charge in [0.2, 0.25) is 0 Å². The third-order valence-corrected chi connectivity index (χ3v) is 10.0. The summed E-state index contributed by atoms with van der Waals surface area (Å²) in [5.41, 5.74) is 0. The zero-order valence-electron chi connectivity index (χ0n) is 16.6. The van der Waals surface area contributed by atoms with Crippen LogP contribution in [0.5, 0.6) is 0 Å². The Morgan fingerprint density at radius 1 is 1.17 bits per heavy atom. The Kier molecular flexibility index (Phi) is 8.07. The highest BCUT2D eigenvalue weighted by molar-refractivity contribution is 6.74. The molecular weight excluding hydrogens is 324 g/mol. The van der Waals surface area contributed by atoms with Crippen molar-refractivity contribution in [1.29, 1.82) is 0 Å². The lowest BCUT2D eigenvalue weighted by Crippen LogP contribution is -2.47. The fourth-order valence-corrected chi connectivity index (χ4v) is 4.18. The number of carbonyl (C=O) groups is 1. The molecule has 1 heterocycles. The van der Waals surface area contributed by atoms with Crippen molar-refractivity contribution in [3.8, 4) is 0 Å². The summed E-state index contributed by atoms with van der Waals surface area (Å²) in [7, 11) is 1.37. The topological polar surface area (TPSA) is 54.0 Å². The molecule has 0 aromatic heterocycles. The molecule has 1 saturated heterocycles. The third kappa shape index (κ3) is 5.91. The van der Waals surface area contributed by atoms with Gasteiger partial charge in [-0.15, -0.1) is 0 Å². The number of ether oxygens (including phenoxy) is 3. The molecule has 0 aromatic rings. The van der Waals surface area contributed by atoms with Crippen molar-refractivity contribution in [2.75, 3.05) is 14.2 Å². The Labute approximate surface area is 148 Å². The van der Waals surface area contributed by atoms with Crippen LogP contribution in [-0.4, -0.2) is 47.5 Å². The molecule has 1 aliphatic heterocycles. The van der Waals surface area contributed by atoms with Gasteiger partial charge in [-0.2, -0.15) is 0 Å². The van der Waals surface area contributed by atoms with E-state index in [-0.39, 0.29) is 29.6 Å². The van der Waals surface area contributed by atoms with E-state index in [2.05, 4.69) is 33.9 Å². The average molecular weight is 361 g/mol. The molecule has 142 valence electrons. The van der Waals surface area contributed by atoms with Crippen molar-refractivity contribution in [2.45, 2.75) is 83.8 Å². The molecule has 1 aliphatic rings. The van der Waals surface area contributed by atoms with Gasteiger partial charge in [0.15, 0.2) is 20.9 Å². The molecular formula is C18H36O5Si. The van der Waals surface area contributed by atoms with E-state index in [1.165, 1.54) is 0 Å². The van der Waals surface area contributed by atoms with Crippen molar-refractivity contribution < 1.29 is 23.4 Å². The van der Waals surface area contributed by atoms with Crippen LogP contribution in [0, 0.1) is 11.8 Å². The van der Waals surface area contributed by atoms with Gasteiger partial charge in [0.05, 0.1) is 6.10 Å². The van der Waals surface area contributed by atoms with E-state index in [4.69, 9.17) is 18.6 Å². The van der Waals surface area contributed by atoms with Crippen LogP contribution in [0.15, 0.2) is 0 Å². The monoisotopic (exact) mass is 360 g/mol. The molecule has 0 saturated carbocycles. The minimum absolute atomic E-state index is 0.0681. The maximum absolute atomic E-state index is 11.4. The molecule has 0 aromatic carbocycles. The van der Waals surface area contributed by atoms with Crippen LogP contribution in [0.1, 0.15) is 47.0 Å². The summed E-state index contributed by atoms with van der Waals surface area (Å²) < 4.78 is 23.0. The summed E-state index contributed by atoms with van der Waals surface area (Å²) in [5, 5.41) is 0.119. The predicted molar refractivity (Wildman–Crippen MR) is 97.3 cm³/mol. The maximum atomic E-state index is 11.4. The lowest BCUT2D eigenvalue weighted by molar-refractivity contribution is -0.264. The van der Waals surface area contributed by atoms with Crippen molar-refractivity contribution in [1.82, 2.24) is 0 Å². The molecule has 0 N–H and O–H groups in total. The summed E-state index contributed by atoms with van der Waals surface area (Å²) in [4.78, 5) is 11.4. The molecule has 0 spiro atoms. The highest BCUT2D eigenvalue weighted by Gasteiger charge is 2.41. The van der Waals surface area contributed by atoms with Gasteiger partial charge in [0, 0.05) is 33.0 Å². The summed E-state index contributed by atoms with van der Waals surface area (Å²) in [6, 6.07) is 0. The van der Waals surface area contributed by atoms with Gasteiger partial charge < -0.3 is 23.4 Å². The number of carbonyl (C=O) groups excluding carboxylic acids is 1. The number of hydrogen-bond donors (Lipinski definition) is 0. The predicted octanol–water partition coefficient (Wildman–Crippen LogP) is 3.97. The smallest absolute Gasteiger partial charge is 0.192 e. The largest absolute Gasteiger partial charge is 0.413 e. The fourth-order valence-electron chi connectivity index (χ4n) is 2.76. The van der Waals surface area contributed by atoms with Crippen molar-refractivity contribution in [3.63, 3.8) is 0 Å². The maximum Gasteiger partial charge on any atom is 0.192 e. The number of hydrogen-bond acceptors (Lipinski definition) is 5. The molecule has 1 rings (SSSR count). The van der Waals surface area contributed by atoms with E-state index in [9.17, 15) is 4.79 Å². The molecule has 4 atom stereocenters. The van der Waals surface area contributed by atoms with E-state index < -0.39 is 8.32 Å². The zero-order chi connectivity index (χ0) is 18.5. The van der Waals surface area contributed by atoms with Gasteiger partial charge in [-0.25, -0.2) is 0 Å². The molecule has 0 aliphatic carbocycles. The lowest BCUT2D eigenvalue weighted by atomic mass is 9.88. The summed E-state index contributed by atoms with van der Waals surface area (Å²) in [6.07, 6.45) is 2.87. The lowest BCUT2D eigenvalue weighted by Gasteiger charge is -2.42. The van der Waals surface area contributed by atoms with Crippen LogP contribution in [-0.2, 0) is 23.4 Å². The van der Waals surface area contributed by atoms with E-state index in [1.807, 2.05) is 6.92 Å². The van der Waals surface area contributed by atoms with Crippen molar-refractivity contribution >= 4 is 14.6 Å². The van der Waals surface area contributed by atoms with Gasteiger partial charge in [-0.3, -0.25) is 0 Å². The molecule has 0 radical (unpaired) electrons. The van der Waals surface area contributed by atoms with E-state index in [0.29, 0.717) is 5.92 Å². The van der Waals surface area contributed by atoms with E-state index >= 15 is 0 Å². The van der Waals surface area contributed by atoms with Gasteiger partial charge >= 0.3 is 0 Å². The molecule has 2 unspecified atom stereocenters. The molecule has 1 fully saturated rings. The Balaban J connectivity index is 2.84. The van der Waals surface area contributed by atoms with Crippen LogP contribution in [0.4, 0.5) is 0 Å². The van der Waals surface area contributed by atoms with Crippen LogP contribution < -0.4 is 0 Å². The van der Waals surface area contributed by atoms with Gasteiger partial charge in [0.25, 0.3) is 0 Å². The summed E-state index contributed by atoms with van der Waals surface area (Å²) >= 11 is 0. The van der Waals surface area contributed by atoms with Crippen LogP contribution in [0.3, 0.4) is 0 Å². The minimum atomic E-state index is -1.93. The molecule has 6 heteroatoms. The Morgan fingerprint density at radius 3 is 2.04 bits per heavy atom. The minimum Gasteiger partial charge on any atom is -0.413 e. The van der Waals surface area contributed by atoms with Crippen LogP contribution in [0.25, 0.3) is 0 Å². The first-order valence-electron chi connectivity index (χ1n) is 8.88. The quantitative estimate of drug-likeness (QED) is 0.484. The highest BCUT2D eigenvalue weighted by Crippen LogP contribution is 2.40. The first kappa shape index (κ1) is 21.8. The molecule has 24 heavy (non-hydrogen) atoms. The third-order valence-electron chi connectivity index (χ3n) is 5.50. The summed E-state index contributed by atoms with van der Waals surface area (Å²) in [5.74, 6) is 0.231. The first-order valence-corrected chi connectivity index (χ1v) is 11.8. The number of methoxy groups -OCH3 is 2. The second kappa shape index (κ2) is 8.90. The Bertz CT molecular complexity index is 381. The number of rotatable bonds is 8. The SMILES string of the molecule is COC1CC(C[C@@H](O[Si](C)(C)C(C)(C)C)[C@H](C)C=O)CC(OC)O1. The van der Waals surface area contributed by atoms with Gasteiger partial charge in [-0.05, 0) is 30.5 Å². The highest BCUT2D eigenvalue weighted by atomic mass is 28.4. The van der Waals surface area contributed by atoms with E-state index in [0.717, 1.165) is 25.5 Å². The Hall–Kier alpha value is -0.273. The van der Waals surface area contributed by atoms with Crippen molar-refractivity contribution in [3.05, 3.63) is 0 Å². The molecule has 0 bridgehead atoms. The zero-order valence-corrected chi connectivity index (χ0v) is 17.6. The first-order chi connectivity index (χ1) is 11.0. The van der Waals surface area contributed by atoms with Crippen LogP contribution in [0.2, 0.25) is 18.1 Å². The Morgan fingerprint density at radius 2 is 1.67 bits per heavy atom. The normalized spacial score (nSPS) is 28.4. The molecule has 0 amide bonds. The average Bonchev–Trinajstić information content (AvgIpc) is 2.51. The molecule has 5 nitrogen and oxygen atoms in total. The van der Waals surface area contributed by atoms with E-state index in [1.54, 1.807) is 14.2 Å². The second-order valence-corrected chi connectivity index (χ2v) is 13.2. The van der Waals surface area contributed by atoms with Crippen LogP contribution >= 0.6 is 0 Å². The second-order valence-electron chi connectivity index (χ2n) is 8.45. The van der Waals surface area contributed by atoms with Crippen molar-refractivity contribution in [2.24, 2.45) is 11.8 Å². The number of aldehydes is 1. The van der Waals surface area contributed by atoms with Gasteiger partial charge in [0.1, 0.15) is 6.29 Å². The van der Waals surface area contributed by atoms with Gasteiger partial charge in [-0.1, -0.05) is 27.7 Å².